The molecule has 0 aromatic carbocycles. The van der Waals surface area contributed by atoms with Crippen molar-refractivity contribution in [3.05, 3.63) is 22.1 Å². The molecule has 0 bridgehead atoms. The first-order valence-electron chi connectivity index (χ1n) is 9.18. The molecule has 3 aromatic heterocycles. The summed E-state index contributed by atoms with van der Waals surface area (Å²) in [6, 6.07) is 0. The molecule has 0 aliphatic carbocycles. The van der Waals surface area contributed by atoms with Crippen LogP contribution in [-0.2, 0) is 29.0 Å². The van der Waals surface area contributed by atoms with Crippen molar-refractivity contribution in [2.45, 2.75) is 45.9 Å². The van der Waals surface area contributed by atoms with Gasteiger partial charge in [0.1, 0.15) is 10.7 Å². The van der Waals surface area contributed by atoms with Crippen LogP contribution in [0.15, 0.2) is 0 Å². The largest absolute Gasteiger partial charge is 0.394 e. The van der Waals surface area contributed by atoms with E-state index in [1.54, 1.807) is 11.3 Å². The number of aliphatic hydroxyl groups is 1. The van der Waals surface area contributed by atoms with Gasteiger partial charge in [-0.3, -0.25) is 0 Å². The maximum absolute atomic E-state index is 8.71. The number of aliphatic hydroxyl groups excluding tert-OH is 1. The molecule has 0 atom stereocenters. The van der Waals surface area contributed by atoms with E-state index in [-0.39, 0.29) is 12.2 Å². The number of hydrogen-bond donors (Lipinski definition) is 2. The zero-order valence-electron chi connectivity index (χ0n) is 15.9. The Morgan fingerprint density at radius 1 is 1.33 bits per heavy atom. The molecule has 0 saturated heterocycles. The van der Waals surface area contributed by atoms with Crippen LogP contribution in [0.4, 0.5) is 0 Å². The lowest BCUT2D eigenvalue weighted by atomic mass is 9.94. The molecule has 0 radical (unpaired) electrons. The highest BCUT2D eigenvalue weighted by atomic mass is 32.1. The summed E-state index contributed by atoms with van der Waals surface area (Å²) in [5, 5.41) is 17.7. The van der Waals surface area contributed by atoms with Gasteiger partial charge in [0.05, 0.1) is 44.0 Å². The van der Waals surface area contributed by atoms with E-state index in [1.807, 2.05) is 11.4 Å². The first-order chi connectivity index (χ1) is 13.0. The predicted molar refractivity (Wildman–Crippen MR) is 103 cm³/mol. The Balaban J connectivity index is 1.63. The lowest BCUT2D eigenvalue weighted by Gasteiger charge is -2.30. The summed E-state index contributed by atoms with van der Waals surface area (Å²) in [7, 11) is 0. The van der Waals surface area contributed by atoms with Crippen LogP contribution in [0, 0.1) is 6.92 Å². The summed E-state index contributed by atoms with van der Waals surface area (Å²) in [6.07, 6.45) is 0.853. The van der Waals surface area contributed by atoms with E-state index in [0.29, 0.717) is 32.9 Å². The fraction of sp³-hybridized carbons (Fsp3) is 0.611. The molecular formula is C18H25N5O3S. The first kappa shape index (κ1) is 18.7. The maximum Gasteiger partial charge on any atom is 0.168 e. The van der Waals surface area contributed by atoms with Crippen molar-refractivity contribution < 1.29 is 14.6 Å². The lowest BCUT2D eigenvalue weighted by molar-refractivity contribution is -0.0379. The zero-order chi connectivity index (χ0) is 19.0. The first-order valence-corrected chi connectivity index (χ1v) is 10.00. The molecule has 0 saturated carbocycles. The molecule has 3 aromatic rings. The Bertz CT molecular complexity index is 965. The normalized spacial score (nSPS) is 16.3. The molecule has 0 amide bonds. The molecule has 146 valence electrons. The van der Waals surface area contributed by atoms with Crippen LogP contribution in [0.2, 0.25) is 0 Å². The summed E-state index contributed by atoms with van der Waals surface area (Å²) in [5.74, 6) is 1.57. The van der Waals surface area contributed by atoms with E-state index in [1.165, 1.54) is 10.4 Å². The molecule has 4 rings (SSSR count). The number of nitrogens with one attached hydrogen (secondary N) is 1. The van der Waals surface area contributed by atoms with Gasteiger partial charge in [0.2, 0.25) is 0 Å². The van der Waals surface area contributed by atoms with E-state index < -0.39 is 0 Å². The minimum absolute atomic E-state index is 0.0447. The van der Waals surface area contributed by atoms with E-state index in [4.69, 9.17) is 24.5 Å². The Hall–Kier alpha value is -1.65. The van der Waals surface area contributed by atoms with Crippen LogP contribution in [0.1, 0.15) is 35.9 Å². The topological polar surface area (TPSA) is 93.8 Å². The third kappa shape index (κ3) is 3.70. The van der Waals surface area contributed by atoms with Gasteiger partial charge in [-0.25, -0.2) is 9.97 Å². The lowest BCUT2D eigenvalue weighted by Crippen LogP contribution is -2.31. The van der Waals surface area contributed by atoms with Crippen molar-refractivity contribution >= 4 is 27.2 Å². The molecule has 0 unspecified atom stereocenters. The van der Waals surface area contributed by atoms with Gasteiger partial charge in [-0.05, 0) is 26.3 Å². The van der Waals surface area contributed by atoms with Gasteiger partial charge in [0, 0.05) is 17.8 Å². The Morgan fingerprint density at radius 3 is 3.00 bits per heavy atom. The van der Waals surface area contributed by atoms with Crippen molar-refractivity contribution in [1.29, 1.82) is 0 Å². The smallest absolute Gasteiger partial charge is 0.168 e. The summed E-state index contributed by atoms with van der Waals surface area (Å²) >= 11 is 1.70. The monoisotopic (exact) mass is 391 g/mol. The number of aryl methyl sites for hydroxylation is 1. The zero-order valence-corrected chi connectivity index (χ0v) is 16.7. The number of thiophene rings is 1. The highest BCUT2D eigenvalue weighted by molar-refractivity contribution is 7.19. The fourth-order valence-electron chi connectivity index (χ4n) is 3.37. The second-order valence-electron chi connectivity index (χ2n) is 7.34. The number of fused-ring (bicyclic) bond motifs is 5. The van der Waals surface area contributed by atoms with Crippen molar-refractivity contribution in [3.63, 3.8) is 0 Å². The van der Waals surface area contributed by atoms with Crippen LogP contribution in [0.25, 0.3) is 15.9 Å². The highest BCUT2D eigenvalue weighted by Gasteiger charge is 2.31. The van der Waals surface area contributed by atoms with Gasteiger partial charge in [0.25, 0.3) is 0 Å². The molecule has 0 spiro atoms. The molecule has 1 aliphatic heterocycles. The van der Waals surface area contributed by atoms with Crippen LogP contribution in [0.5, 0.6) is 0 Å². The third-order valence-electron chi connectivity index (χ3n) is 4.66. The Labute approximate surface area is 161 Å². The molecule has 1 aliphatic rings. The molecular weight excluding hydrogens is 366 g/mol. The third-order valence-corrected chi connectivity index (χ3v) is 5.75. The number of ether oxygens (including phenoxy) is 2. The van der Waals surface area contributed by atoms with Gasteiger partial charge < -0.3 is 19.9 Å². The summed E-state index contributed by atoms with van der Waals surface area (Å²) in [6.45, 7) is 9.03. The van der Waals surface area contributed by atoms with Gasteiger partial charge >= 0.3 is 0 Å². The molecule has 4 heterocycles. The van der Waals surface area contributed by atoms with Gasteiger partial charge in [-0.1, -0.05) is 0 Å². The second-order valence-corrected chi connectivity index (χ2v) is 8.43. The fourth-order valence-corrected chi connectivity index (χ4v) is 4.51. The summed E-state index contributed by atoms with van der Waals surface area (Å²) < 4.78 is 13.1. The summed E-state index contributed by atoms with van der Waals surface area (Å²) in [4.78, 5) is 11.8. The average molecular weight is 391 g/mol. The average Bonchev–Trinajstić information content (AvgIpc) is 3.18. The van der Waals surface area contributed by atoms with Crippen LogP contribution < -0.4 is 5.32 Å². The molecule has 0 fully saturated rings. The molecule has 9 heteroatoms. The number of aromatic nitrogens is 4. The molecule has 2 N–H and O–H groups in total. The van der Waals surface area contributed by atoms with Crippen LogP contribution >= 0.6 is 11.3 Å². The minimum atomic E-state index is -0.179. The van der Waals surface area contributed by atoms with Gasteiger partial charge in [-0.2, -0.15) is 4.52 Å². The van der Waals surface area contributed by atoms with Crippen molar-refractivity contribution in [2.75, 3.05) is 26.4 Å². The van der Waals surface area contributed by atoms with Gasteiger partial charge in [0.15, 0.2) is 11.5 Å². The van der Waals surface area contributed by atoms with E-state index in [0.717, 1.165) is 33.9 Å². The maximum atomic E-state index is 8.71. The number of hydrogen-bond acceptors (Lipinski definition) is 8. The number of rotatable bonds is 7. The van der Waals surface area contributed by atoms with Crippen molar-refractivity contribution in [2.24, 2.45) is 0 Å². The highest BCUT2D eigenvalue weighted by Crippen LogP contribution is 2.39. The standard InChI is InChI=1S/C18H25N5O3S/c1-11-20-17-15(12-8-18(2,3)26-10-13(12)27-17)16-21-14(22-23(11)16)9-19-4-6-25-7-5-24/h19,24H,4-10H2,1-3H3. The SMILES string of the molecule is Cc1nc2sc3c(c2c2nc(CNCCOCCO)nn12)CC(C)(C)OC3. The predicted octanol–water partition coefficient (Wildman–Crippen LogP) is 1.60. The van der Waals surface area contributed by atoms with Crippen molar-refractivity contribution in [1.82, 2.24) is 24.9 Å². The second kappa shape index (κ2) is 7.40. The van der Waals surface area contributed by atoms with E-state index >= 15 is 0 Å². The summed E-state index contributed by atoms with van der Waals surface area (Å²) in [5.41, 5.74) is 2.00. The van der Waals surface area contributed by atoms with E-state index in [9.17, 15) is 0 Å². The number of nitrogens with zero attached hydrogens (tertiary/aromatic N) is 4. The Morgan fingerprint density at radius 2 is 2.19 bits per heavy atom. The van der Waals surface area contributed by atoms with Crippen LogP contribution in [0.3, 0.4) is 0 Å². The van der Waals surface area contributed by atoms with Crippen LogP contribution in [-0.4, -0.2) is 56.7 Å². The van der Waals surface area contributed by atoms with Crippen molar-refractivity contribution in [3.8, 4) is 0 Å². The molecule has 8 nitrogen and oxygen atoms in total. The van der Waals surface area contributed by atoms with Gasteiger partial charge in [-0.15, -0.1) is 16.4 Å². The quantitative estimate of drug-likeness (QED) is 0.591. The molecule has 27 heavy (non-hydrogen) atoms. The minimum Gasteiger partial charge on any atom is -0.394 e. The van der Waals surface area contributed by atoms with E-state index in [2.05, 4.69) is 24.3 Å². The Kier molecular flexibility index (Phi) is 5.13.